The molecule has 3 aliphatic rings. The summed E-state index contributed by atoms with van der Waals surface area (Å²) in [7, 11) is 0. The summed E-state index contributed by atoms with van der Waals surface area (Å²) in [5.41, 5.74) is 7.33. The zero-order valence-electron chi connectivity index (χ0n) is 19.3. The normalized spacial score (nSPS) is 24.9. The molecule has 3 aliphatic heterocycles. The molecule has 0 fully saturated rings. The van der Waals surface area contributed by atoms with Crippen LogP contribution in [-0.4, -0.2) is 11.4 Å². The number of nitrogens with two attached hydrogens (primary N) is 1. The van der Waals surface area contributed by atoms with Gasteiger partial charge in [-0.2, -0.15) is 5.26 Å². The second kappa shape index (κ2) is 6.61. The van der Waals surface area contributed by atoms with Crippen LogP contribution in [0.25, 0.3) is 5.57 Å². The number of amides is 1. The van der Waals surface area contributed by atoms with Crippen molar-refractivity contribution in [1.29, 1.82) is 5.26 Å². The molecule has 1 aromatic carbocycles. The number of hydrogen-bond donors (Lipinski definition) is 1. The second-order valence-corrected chi connectivity index (χ2v) is 9.17. The second-order valence-electron chi connectivity index (χ2n) is 9.17. The molecule has 2 atom stereocenters. The number of nitrogens with zero attached hydrogens (tertiary/aromatic N) is 2. The third kappa shape index (κ3) is 2.38. The van der Waals surface area contributed by atoms with Crippen LogP contribution in [0.5, 0.6) is 5.75 Å². The summed E-state index contributed by atoms with van der Waals surface area (Å²) >= 11 is 0. The Labute approximate surface area is 191 Å². The summed E-state index contributed by atoms with van der Waals surface area (Å²) in [6.07, 6.45) is 3.56. The topological polar surface area (TPSA) is 110 Å². The number of aryl methyl sites for hydroxylation is 2. The number of carbonyl (C=O) groups is 1. The van der Waals surface area contributed by atoms with Gasteiger partial charge in [0.25, 0.3) is 0 Å². The van der Waals surface area contributed by atoms with Crippen LogP contribution in [0.4, 0.5) is 5.69 Å². The Morgan fingerprint density at radius 1 is 1.18 bits per heavy atom. The first kappa shape index (κ1) is 21.1. The lowest BCUT2D eigenvalue weighted by Crippen LogP contribution is -2.55. The van der Waals surface area contributed by atoms with E-state index in [4.69, 9.17) is 14.9 Å². The smallest absolute Gasteiger partial charge is 0.344 e. The molecule has 7 nitrogen and oxygen atoms in total. The Morgan fingerprint density at radius 2 is 1.91 bits per heavy atom. The van der Waals surface area contributed by atoms with Crippen LogP contribution in [0.2, 0.25) is 0 Å². The Morgan fingerprint density at radius 3 is 2.55 bits per heavy atom. The number of ether oxygens (including phenoxy) is 1. The van der Waals surface area contributed by atoms with Crippen molar-refractivity contribution in [2.75, 3.05) is 4.90 Å². The number of benzene rings is 1. The first-order chi connectivity index (χ1) is 15.6. The highest BCUT2D eigenvalue weighted by Crippen LogP contribution is 2.59. The van der Waals surface area contributed by atoms with Crippen molar-refractivity contribution in [3.63, 3.8) is 0 Å². The lowest BCUT2D eigenvalue weighted by atomic mass is 9.68. The molecule has 33 heavy (non-hydrogen) atoms. The average molecular weight is 444 g/mol. The van der Waals surface area contributed by atoms with Gasteiger partial charge in [0.15, 0.2) is 5.41 Å². The van der Waals surface area contributed by atoms with Gasteiger partial charge in [-0.3, -0.25) is 4.79 Å². The van der Waals surface area contributed by atoms with Crippen molar-refractivity contribution in [3.05, 3.63) is 74.2 Å². The highest BCUT2D eigenvalue weighted by molar-refractivity contribution is 6.18. The van der Waals surface area contributed by atoms with E-state index in [0.717, 1.165) is 28.8 Å². The van der Waals surface area contributed by atoms with E-state index in [1.165, 1.54) is 0 Å². The first-order valence-corrected chi connectivity index (χ1v) is 11.1. The zero-order valence-corrected chi connectivity index (χ0v) is 19.3. The van der Waals surface area contributed by atoms with E-state index >= 15 is 0 Å². The van der Waals surface area contributed by atoms with Gasteiger partial charge in [0.2, 0.25) is 11.8 Å². The first-order valence-electron chi connectivity index (χ1n) is 11.1. The lowest BCUT2D eigenvalue weighted by molar-refractivity contribution is -0.121. The molecule has 5 rings (SSSR count). The largest absolute Gasteiger partial charge is 0.440 e. The van der Waals surface area contributed by atoms with Crippen molar-refractivity contribution in [1.82, 2.24) is 0 Å². The molecule has 7 heteroatoms. The summed E-state index contributed by atoms with van der Waals surface area (Å²) in [6.45, 7) is 9.67. The molecule has 0 aliphatic carbocycles. The number of allylic oxidation sites excluding steroid dienone is 1. The van der Waals surface area contributed by atoms with E-state index in [2.05, 4.69) is 25.1 Å². The van der Waals surface area contributed by atoms with Gasteiger partial charge in [0, 0.05) is 17.2 Å². The molecule has 0 saturated heterocycles. The van der Waals surface area contributed by atoms with Gasteiger partial charge in [0.05, 0.1) is 11.2 Å². The van der Waals surface area contributed by atoms with Gasteiger partial charge in [-0.05, 0) is 45.3 Å². The Kier molecular flexibility index (Phi) is 4.22. The highest BCUT2D eigenvalue weighted by Gasteiger charge is 2.64. The van der Waals surface area contributed by atoms with Crippen molar-refractivity contribution < 1.29 is 13.9 Å². The minimum atomic E-state index is -1.73. The molecule has 168 valence electrons. The Bertz CT molecular complexity index is 1420. The maximum absolute atomic E-state index is 14.6. The van der Waals surface area contributed by atoms with Crippen LogP contribution in [0, 0.1) is 25.2 Å². The molecule has 1 aromatic heterocycles. The molecule has 2 aromatic rings. The van der Waals surface area contributed by atoms with Gasteiger partial charge in [-0.25, -0.2) is 4.79 Å². The molecule has 2 unspecified atom stereocenters. The number of fused-ring (bicyclic) bond motifs is 3. The van der Waals surface area contributed by atoms with Gasteiger partial charge in [-0.15, -0.1) is 0 Å². The van der Waals surface area contributed by atoms with Gasteiger partial charge >= 0.3 is 5.63 Å². The number of nitriles is 1. The van der Waals surface area contributed by atoms with E-state index in [9.17, 15) is 14.9 Å². The van der Waals surface area contributed by atoms with E-state index in [0.29, 0.717) is 17.7 Å². The molecule has 2 N–H and O–H groups in total. The molecule has 4 heterocycles. The number of hydrogen-bond acceptors (Lipinski definition) is 6. The fourth-order valence-electron chi connectivity index (χ4n) is 5.60. The van der Waals surface area contributed by atoms with E-state index in [1.807, 2.05) is 26.8 Å². The van der Waals surface area contributed by atoms with E-state index < -0.39 is 16.6 Å². The summed E-state index contributed by atoms with van der Waals surface area (Å²) < 4.78 is 11.1. The molecule has 0 radical (unpaired) electrons. The Balaban J connectivity index is 2.02. The summed E-state index contributed by atoms with van der Waals surface area (Å²) in [5, 5.41) is 10.2. The third-order valence-corrected chi connectivity index (χ3v) is 7.21. The number of rotatable bonds is 2. The fourth-order valence-corrected chi connectivity index (χ4v) is 5.60. The molecule has 0 bridgehead atoms. The molecule has 1 spiro atoms. The van der Waals surface area contributed by atoms with Crippen LogP contribution in [0.3, 0.4) is 0 Å². The monoisotopic (exact) mass is 443 g/mol. The standard InChI is InChI=1S/C26H25N3O4/c1-6-15-11-25(5,7-2)29-21-16(15)8-13(3)9-17(21)26(24(29)31)18(12-27)22(28)33-19-10-14(4)32-23(30)20(19)26/h8-11H,6-7,28H2,1-5H3. The molecule has 1 amide bonds. The predicted octanol–water partition coefficient (Wildman–Crippen LogP) is 3.95. The van der Waals surface area contributed by atoms with Crippen molar-refractivity contribution in [2.45, 2.75) is 58.4 Å². The van der Waals surface area contributed by atoms with E-state index in [-0.39, 0.29) is 28.7 Å². The van der Waals surface area contributed by atoms with Crippen LogP contribution >= 0.6 is 0 Å². The summed E-state index contributed by atoms with van der Waals surface area (Å²) in [6, 6.07) is 7.58. The minimum absolute atomic E-state index is 0.00236. The van der Waals surface area contributed by atoms with Crippen molar-refractivity contribution >= 4 is 17.2 Å². The van der Waals surface area contributed by atoms with Crippen molar-refractivity contribution in [3.8, 4) is 11.8 Å². The average Bonchev–Trinajstić information content (AvgIpc) is 3.00. The van der Waals surface area contributed by atoms with Crippen LogP contribution < -0.4 is 21.0 Å². The summed E-state index contributed by atoms with van der Waals surface area (Å²) in [4.78, 5) is 29.6. The van der Waals surface area contributed by atoms with Crippen LogP contribution in [0.1, 0.15) is 61.6 Å². The van der Waals surface area contributed by atoms with Gasteiger partial charge in [-0.1, -0.05) is 31.6 Å². The Hall–Kier alpha value is -3.79. The maximum Gasteiger partial charge on any atom is 0.344 e. The highest BCUT2D eigenvalue weighted by atomic mass is 16.5. The van der Waals surface area contributed by atoms with Crippen molar-refractivity contribution in [2.24, 2.45) is 5.73 Å². The predicted molar refractivity (Wildman–Crippen MR) is 124 cm³/mol. The molecule has 0 saturated carbocycles. The molecular formula is C26H25N3O4. The minimum Gasteiger partial charge on any atom is -0.440 e. The van der Waals surface area contributed by atoms with E-state index in [1.54, 1.807) is 17.9 Å². The molecular weight excluding hydrogens is 418 g/mol. The third-order valence-electron chi connectivity index (χ3n) is 7.21. The number of anilines is 1. The number of carbonyl (C=O) groups excluding carboxylic acids is 1. The lowest BCUT2D eigenvalue weighted by Gasteiger charge is -2.42. The van der Waals surface area contributed by atoms with Gasteiger partial charge < -0.3 is 19.8 Å². The summed E-state index contributed by atoms with van der Waals surface area (Å²) in [5.74, 6) is -0.0987. The fraction of sp³-hybridized carbons (Fsp3) is 0.346. The maximum atomic E-state index is 14.6. The SMILES string of the molecule is CCC1=CC(C)(CC)N2C(=O)C3(C(C#N)=C(N)Oc4cc(C)oc(=O)c43)c3cc(C)cc1c32. The van der Waals surface area contributed by atoms with Gasteiger partial charge in [0.1, 0.15) is 28.7 Å². The quantitative estimate of drug-likeness (QED) is 0.753. The van der Waals surface area contributed by atoms with Crippen LogP contribution in [0.15, 0.2) is 44.9 Å². The zero-order chi connectivity index (χ0) is 23.9. The van der Waals surface area contributed by atoms with Crippen LogP contribution in [-0.2, 0) is 10.2 Å².